The van der Waals surface area contributed by atoms with E-state index in [9.17, 15) is 0 Å². The summed E-state index contributed by atoms with van der Waals surface area (Å²) >= 11 is 1.35. The molecule has 0 atom stereocenters. The molecule has 14 heavy (non-hydrogen) atoms. The first-order chi connectivity index (χ1) is 6.83. The van der Waals surface area contributed by atoms with Gasteiger partial charge >= 0.3 is 0 Å². The number of aryl methyl sites for hydroxylation is 1. The fourth-order valence-corrected chi connectivity index (χ4v) is 1.89. The van der Waals surface area contributed by atoms with E-state index < -0.39 is 0 Å². The van der Waals surface area contributed by atoms with Crippen molar-refractivity contribution in [1.82, 2.24) is 14.3 Å². The molecule has 0 fully saturated rings. The predicted molar refractivity (Wildman–Crippen MR) is 54.5 cm³/mol. The van der Waals surface area contributed by atoms with Crippen molar-refractivity contribution in [2.24, 2.45) is 5.73 Å². The smallest absolute Gasteiger partial charge is 0.227 e. The molecule has 0 radical (unpaired) electrons. The molecule has 2 aromatic rings. The summed E-state index contributed by atoms with van der Waals surface area (Å²) in [4.78, 5) is 9.01. The highest BCUT2D eigenvalue weighted by Gasteiger charge is 2.10. The van der Waals surface area contributed by atoms with E-state index in [1.807, 2.05) is 6.92 Å². The quantitative estimate of drug-likeness (QED) is 0.808. The Morgan fingerprint density at radius 1 is 1.50 bits per heavy atom. The second-order valence-electron chi connectivity index (χ2n) is 2.76. The Labute approximate surface area is 85.1 Å². The number of aromatic nitrogens is 3. The third kappa shape index (κ3) is 1.53. The van der Waals surface area contributed by atoms with Crippen molar-refractivity contribution in [3.8, 4) is 5.88 Å². The Kier molecular flexibility index (Phi) is 2.55. The largest absolute Gasteiger partial charge is 0.476 e. The van der Waals surface area contributed by atoms with Crippen LogP contribution in [0.3, 0.4) is 0 Å². The number of ether oxygens (including phenoxy) is 1. The Bertz CT molecular complexity index is 442. The molecule has 2 rings (SSSR count). The van der Waals surface area contributed by atoms with E-state index >= 15 is 0 Å². The first-order valence-corrected chi connectivity index (χ1v) is 5.00. The lowest BCUT2D eigenvalue weighted by molar-refractivity contribution is 0.319. The first kappa shape index (κ1) is 9.29. The molecule has 0 saturated heterocycles. The van der Waals surface area contributed by atoms with Gasteiger partial charge in [-0.3, -0.25) is 0 Å². The summed E-state index contributed by atoms with van der Waals surface area (Å²) in [6.07, 6.45) is 1.48. The van der Waals surface area contributed by atoms with Crippen LogP contribution in [-0.4, -0.2) is 27.5 Å². The fraction of sp³-hybridized carbons (Fsp3) is 0.375. The van der Waals surface area contributed by atoms with Gasteiger partial charge in [0.05, 0.1) is 11.1 Å². The van der Waals surface area contributed by atoms with Crippen molar-refractivity contribution in [2.45, 2.75) is 6.92 Å². The van der Waals surface area contributed by atoms with E-state index in [1.54, 1.807) is 0 Å². The topological polar surface area (TPSA) is 73.9 Å². The van der Waals surface area contributed by atoms with Crippen molar-refractivity contribution in [3.63, 3.8) is 0 Å². The molecule has 0 aromatic carbocycles. The maximum Gasteiger partial charge on any atom is 0.227 e. The van der Waals surface area contributed by atoms with Gasteiger partial charge < -0.3 is 10.5 Å². The second-order valence-corrected chi connectivity index (χ2v) is 3.52. The van der Waals surface area contributed by atoms with E-state index in [1.165, 1.54) is 17.9 Å². The molecule has 0 saturated carbocycles. The van der Waals surface area contributed by atoms with Gasteiger partial charge in [-0.1, -0.05) is 0 Å². The minimum Gasteiger partial charge on any atom is -0.476 e. The van der Waals surface area contributed by atoms with Crippen LogP contribution < -0.4 is 10.5 Å². The average molecular weight is 210 g/mol. The minimum absolute atomic E-state index is 0.460. The summed E-state index contributed by atoms with van der Waals surface area (Å²) in [6.45, 7) is 2.85. The lowest BCUT2D eigenvalue weighted by Gasteiger charge is -2.03. The molecule has 0 spiro atoms. The van der Waals surface area contributed by atoms with Gasteiger partial charge in [0.2, 0.25) is 5.88 Å². The number of rotatable bonds is 3. The van der Waals surface area contributed by atoms with Gasteiger partial charge in [0.15, 0.2) is 4.83 Å². The molecule has 0 amide bonds. The van der Waals surface area contributed by atoms with Crippen LogP contribution in [0.15, 0.2) is 6.33 Å². The van der Waals surface area contributed by atoms with E-state index in [2.05, 4.69) is 14.3 Å². The SMILES string of the molecule is Cc1nsc2ncnc(OCCN)c12. The average Bonchev–Trinajstić information content (AvgIpc) is 2.58. The second kappa shape index (κ2) is 3.85. The van der Waals surface area contributed by atoms with Crippen LogP contribution in [0.4, 0.5) is 0 Å². The zero-order chi connectivity index (χ0) is 9.97. The van der Waals surface area contributed by atoms with Gasteiger partial charge in [0.1, 0.15) is 12.9 Å². The summed E-state index contributed by atoms with van der Waals surface area (Å²) in [5.41, 5.74) is 6.25. The maximum atomic E-state index is 5.40. The third-order valence-electron chi connectivity index (χ3n) is 1.77. The fourth-order valence-electron chi connectivity index (χ4n) is 1.16. The summed E-state index contributed by atoms with van der Waals surface area (Å²) in [7, 11) is 0. The predicted octanol–water partition coefficient (Wildman–Crippen LogP) is 0.732. The minimum atomic E-state index is 0.460. The highest BCUT2D eigenvalue weighted by Crippen LogP contribution is 2.26. The molecule has 5 nitrogen and oxygen atoms in total. The molecule has 0 bridgehead atoms. The van der Waals surface area contributed by atoms with Gasteiger partial charge in [-0.2, -0.15) is 4.37 Å². The molecule has 74 valence electrons. The third-order valence-corrected chi connectivity index (χ3v) is 2.61. The lowest BCUT2D eigenvalue weighted by Crippen LogP contribution is -2.11. The van der Waals surface area contributed by atoms with Gasteiger partial charge in [-0.25, -0.2) is 9.97 Å². The van der Waals surface area contributed by atoms with Crippen LogP contribution in [0.5, 0.6) is 5.88 Å². The number of hydrogen-bond donors (Lipinski definition) is 1. The van der Waals surface area contributed by atoms with Gasteiger partial charge in [-0.15, -0.1) is 0 Å². The zero-order valence-electron chi connectivity index (χ0n) is 7.73. The first-order valence-electron chi connectivity index (χ1n) is 4.22. The summed E-state index contributed by atoms with van der Waals surface area (Å²) < 4.78 is 9.59. The standard InChI is InChI=1S/C8H10N4OS/c1-5-6-7(13-3-2-9)10-4-11-8(6)14-12-5/h4H,2-3,9H2,1H3. The van der Waals surface area contributed by atoms with Crippen LogP contribution in [0.1, 0.15) is 5.69 Å². The Balaban J connectivity index is 2.46. The molecule has 6 heteroatoms. The lowest BCUT2D eigenvalue weighted by atomic mass is 10.3. The highest BCUT2D eigenvalue weighted by atomic mass is 32.1. The summed E-state index contributed by atoms with van der Waals surface area (Å²) in [5.74, 6) is 0.576. The number of fused-ring (bicyclic) bond motifs is 1. The zero-order valence-corrected chi connectivity index (χ0v) is 8.54. The monoisotopic (exact) mass is 210 g/mol. The van der Waals surface area contributed by atoms with E-state index in [0.29, 0.717) is 19.0 Å². The number of hydrogen-bond acceptors (Lipinski definition) is 6. The van der Waals surface area contributed by atoms with Crippen molar-refractivity contribution >= 4 is 21.7 Å². The van der Waals surface area contributed by atoms with E-state index in [4.69, 9.17) is 10.5 Å². The molecular weight excluding hydrogens is 200 g/mol. The molecule has 2 aromatic heterocycles. The molecule has 0 aliphatic rings. The van der Waals surface area contributed by atoms with E-state index in [-0.39, 0.29) is 0 Å². The van der Waals surface area contributed by atoms with Crippen LogP contribution in [0.2, 0.25) is 0 Å². The maximum absolute atomic E-state index is 5.40. The van der Waals surface area contributed by atoms with E-state index in [0.717, 1.165) is 15.9 Å². The Morgan fingerprint density at radius 2 is 2.36 bits per heavy atom. The Morgan fingerprint density at radius 3 is 3.14 bits per heavy atom. The highest BCUT2D eigenvalue weighted by molar-refractivity contribution is 7.13. The van der Waals surface area contributed by atoms with Crippen molar-refractivity contribution in [2.75, 3.05) is 13.2 Å². The van der Waals surface area contributed by atoms with Gasteiger partial charge in [0, 0.05) is 6.54 Å². The molecule has 0 aliphatic heterocycles. The molecular formula is C8H10N4OS. The van der Waals surface area contributed by atoms with Crippen LogP contribution in [0, 0.1) is 6.92 Å². The number of nitrogens with zero attached hydrogens (tertiary/aromatic N) is 3. The normalized spacial score (nSPS) is 10.7. The van der Waals surface area contributed by atoms with Crippen molar-refractivity contribution in [3.05, 3.63) is 12.0 Å². The number of nitrogens with two attached hydrogens (primary N) is 1. The molecule has 2 N–H and O–H groups in total. The van der Waals surface area contributed by atoms with Crippen LogP contribution >= 0.6 is 11.5 Å². The summed E-state index contributed by atoms with van der Waals surface area (Å²) in [6, 6.07) is 0. The van der Waals surface area contributed by atoms with Crippen LogP contribution in [-0.2, 0) is 0 Å². The van der Waals surface area contributed by atoms with Crippen molar-refractivity contribution < 1.29 is 4.74 Å². The Hall–Kier alpha value is -1.27. The molecule has 2 heterocycles. The van der Waals surface area contributed by atoms with Crippen LogP contribution in [0.25, 0.3) is 10.2 Å². The molecule has 0 aliphatic carbocycles. The summed E-state index contributed by atoms with van der Waals surface area (Å²) in [5, 5.41) is 0.894. The van der Waals surface area contributed by atoms with Gasteiger partial charge in [0.25, 0.3) is 0 Å². The van der Waals surface area contributed by atoms with Crippen molar-refractivity contribution in [1.29, 1.82) is 0 Å². The van der Waals surface area contributed by atoms with Gasteiger partial charge in [-0.05, 0) is 18.5 Å². The molecule has 0 unspecified atom stereocenters.